The minimum atomic E-state index is -0.0682. The number of anilines is 1. The summed E-state index contributed by atoms with van der Waals surface area (Å²) in [7, 11) is 1.94. The van der Waals surface area contributed by atoms with Gasteiger partial charge in [-0.2, -0.15) is 5.10 Å². The predicted octanol–water partition coefficient (Wildman–Crippen LogP) is 1.73. The summed E-state index contributed by atoms with van der Waals surface area (Å²) in [5.41, 5.74) is 1.95. The normalized spacial score (nSPS) is 18.0. The fourth-order valence-corrected chi connectivity index (χ4v) is 3.33. The van der Waals surface area contributed by atoms with Gasteiger partial charge >= 0.3 is 0 Å². The summed E-state index contributed by atoms with van der Waals surface area (Å²) in [6.45, 7) is 1.84. The van der Waals surface area contributed by atoms with Gasteiger partial charge in [-0.25, -0.2) is 4.98 Å². The van der Waals surface area contributed by atoms with Gasteiger partial charge in [-0.15, -0.1) is 0 Å². The Balaban J connectivity index is 1.54. The lowest BCUT2D eigenvalue weighted by molar-refractivity contribution is 0.585. The molecular weight excluding hydrogens is 290 g/mol. The van der Waals surface area contributed by atoms with Gasteiger partial charge < -0.3 is 4.90 Å². The maximum atomic E-state index is 12.2. The largest absolute Gasteiger partial charge is 0.342 e. The van der Waals surface area contributed by atoms with Crippen LogP contribution in [-0.4, -0.2) is 32.8 Å². The molecule has 1 unspecified atom stereocenters. The number of hydrogen-bond donors (Lipinski definition) is 1. The number of para-hydroxylation sites is 1. The Hall–Kier alpha value is -2.63. The first-order valence-electron chi connectivity index (χ1n) is 7.90. The Morgan fingerprint density at radius 1 is 1.35 bits per heavy atom. The zero-order valence-electron chi connectivity index (χ0n) is 13.1. The molecule has 0 spiro atoms. The third-order valence-corrected chi connectivity index (χ3v) is 4.47. The molecule has 1 aliphatic heterocycles. The first kappa shape index (κ1) is 14.0. The molecule has 6 heteroatoms. The van der Waals surface area contributed by atoms with E-state index in [1.165, 1.54) is 5.56 Å². The third kappa shape index (κ3) is 2.72. The summed E-state index contributed by atoms with van der Waals surface area (Å²) in [5, 5.41) is 4.87. The van der Waals surface area contributed by atoms with Gasteiger partial charge in [-0.05, 0) is 36.5 Å². The standard InChI is InChI=1S/C17H19N5O/c1-21-10-13(9-18-21)8-12-6-7-22(11-12)17-19-15-5-3-2-4-14(15)16(23)20-17/h2-5,9-10,12H,6-8,11H2,1H3,(H,19,20,23). The summed E-state index contributed by atoms with van der Waals surface area (Å²) in [5.74, 6) is 1.25. The molecule has 0 aliphatic carbocycles. The summed E-state index contributed by atoms with van der Waals surface area (Å²) in [6.07, 6.45) is 6.12. The molecule has 1 N–H and O–H groups in total. The molecule has 4 rings (SSSR count). The van der Waals surface area contributed by atoms with Crippen molar-refractivity contribution in [3.8, 4) is 0 Å². The first-order valence-corrected chi connectivity index (χ1v) is 7.90. The molecule has 6 nitrogen and oxygen atoms in total. The van der Waals surface area contributed by atoms with Crippen LogP contribution in [0.3, 0.4) is 0 Å². The minimum absolute atomic E-state index is 0.0682. The average Bonchev–Trinajstić information content (AvgIpc) is 3.17. The number of benzene rings is 1. The Labute approximate surface area is 133 Å². The number of nitrogens with zero attached hydrogens (tertiary/aromatic N) is 4. The quantitative estimate of drug-likeness (QED) is 0.800. The molecule has 1 aliphatic rings. The number of aromatic amines is 1. The fourth-order valence-electron chi connectivity index (χ4n) is 3.33. The van der Waals surface area contributed by atoms with Crippen LogP contribution in [0.5, 0.6) is 0 Å². The second-order valence-electron chi connectivity index (χ2n) is 6.23. The number of hydrogen-bond acceptors (Lipinski definition) is 4. The highest BCUT2D eigenvalue weighted by Gasteiger charge is 2.25. The van der Waals surface area contributed by atoms with E-state index in [2.05, 4.69) is 26.2 Å². The number of aryl methyl sites for hydroxylation is 1. The minimum Gasteiger partial charge on any atom is -0.342 e. The van der Waals surface area contributed by atoms with Gasteiger partial charge in [0, 0.05) is 26.3 Å². The lowest BCUT2D eigenvalue weighted by Crippen LogP contribution is -2.25. The number of fused-ring (bicyclic) bond motifs is 1. The molecule has 23 heavy (non-hydrogen) atoms. The predicted molar refractivity (Wildman–Crippen MR) is 89.6 cm³/mol. The van der Waals surface area contributed by atoms with Crippen molar-refractivity contribution < 1.29 is 0 Å². The maximum Gasteiger partial charge on any atom is 0.260 e. The Morgan fingerprint density at radius 2 is 2.22 bits per heavy atom. The number of aromatic nitrogens is 4. The Morgan fingerprint density at radius 3 is 3.04 bits per heavy atom. The first-order chi connectivity index (χ1) is 11.2. The van der Waals surface area contributed by atoms with Crippen molar-refractivity contribution in [3.05, 3.63) is 52.6 Å². The lowest BCUT2D eigenvalue weighted by Gasteiger charge is -2.17. The second kappa shape index (κ2) is 5.53. The van der Waals surface area contributed by atoms with Crippen LogP contribution in [-0.2, 0) is 13.5 Å². The van der Waals surface area contributed by atoms with E-state index in [0.717, 1.165) is 31.4 Å². The highest BCUT2D eigenvalue weighted by molar-refractivity contribution is 5.78. The molecule has 3 heterocycles. The van der Waals surface area contributed by atoms with Crippen molar-refractivity contribution in [2.24, 2.45) is 13.0 Å². The van der Waals surface area contributed by atoms with E-state index in [0.29, 0.717) is 17.3 Å². The number of rotatable bonds is 3. The topological polar surface area (TPSA) is 66.8 Å². The van der Waals surface area contributed by atoms with Crippen LogP contribution in [0.2, 0.25) is 0 Å². The Bertz CT molecular complexity index is 897. The van der Waals surface area contributed by atoms with Crippen LogP contribution < -0.4 is 10.5 Å². The zero-order valence-corrected chi connectivity index (χ0v) is 13.1. The molecule has 1 aromatic carbocycles. The fraction of sp³-hybridized carbons (Fsp3) is 0.353. The Kier molecular flexibility index (Phi) is 3.37. The highest BCUT2D eigenvalue weighted by atomic mass is 16.1. The van der Waals surface area contributed by atoms with Gasteiger partial charge in [-0.1, -0.05) is 12.1 Å². The van der Waals surface area contributed by atoms with Crippen LogP contribution in [0.1, 0.15) is 12.0 Å². The van der Waals surface area contributed by atoms with Crippen LogP contribution in [0.25, 0.3) is 10.9 Å². The van der Waals surface area contributed by atoms with E-state index in [-0.39, 0.29) is 5.56 Å². The summed E-state index contributed by atoms with van der Waals surface area (Å²) in [6, 6.07) is 7.46. The van der Waals surface area contributed by atoms with Crippen LogP contribution in [0, 0.1) is 5.92 Å². The van der Waals surface area contributed by atoms with Crippen molar-refractivity contribution >= 4 is 16.9 Å². The molecule has 2 aromatic heterocycles. The smallest absolute Gasteiger partial charge is 0.260 e. The molecule has 0 bridgehead atoms. The molecule has 0 radical (unpaired) electrons. The molecule has 3 aromatic rings. The van der Waals surface area contributed by atoms with Crippen molar-refractivity contribution in [2.75, 3.05) is 18.0 Å². The highest BCUT2D eigenvalue weighted by Crippen LogP contribution is 2.24. The van der Waals surface area contributed by atoms with Crippen molar-refractivity contribution in [1.29, 1.82) is 0 Å². The van der Waals surface area contributed by atoms with Crippen LogP contribution in [0.15, 0.2) is 41.5 Å². The second-order valence-corrected chi connectivity index (χ2v) is 6.23. The van der Waals surface area contributed by atoms with E-state index >= 15 is 0 Å². The monoisotopic (exact) mass is 309 g/mol. The number of H-pyrrole nitrogens is 1. The third-order valence-electron chi connectivity index (χ3n) is 4.47. The summed E-state index contributed by atoms with van der Waals surface area (Å²) < 4.78 is 1.84. The molecule has 118 valence electrons. The van der Waals surface area contributed by atoms with Crippen molar-refractivity contribution in [2.45, 2.75) is 12.8 Å². The SMILES string of the molecule is Cn1cc(CC2CCN(c3nc4ccccc4c(=O)[nH]3)C2)cn1. The molecule has 1 fully saturated rings. The van der Waals surface area contributed by atoms with Crippen molar-refractivity contribution in [3.63, 3.8) is 0 Å². The van der Waals surface area contributed by atoms with Crippen molar-refractivity contribution in [1.82, 2.24) is 19.7 Å². The van der Waals surface area contributed by atoms with E-state index in [1.807, 2.05) is 36.1 Å². The van der Waals surface area contributed by atoms with Gasteiger partial charge in [0.2, 0.25) is 5.95 Å². The van der Waals surface area contributed by atoms with E-state index < -0.39 is 0 Å². The molecule has 1 atom stereocenters. The molecule has 1 saturated heterocycles. The molecule has 0 saturated carbocycles. The number of nitrogens with one attached hydrogen (secondary N) is 1. The summed E-state index contributed by atoms with van der Waals surface area (Å²) in [4.78, 5) is 21.9. The summed E-state index contributed by atoms with van der Waals surface area (Å²) >= 11 is 0. The van der Waals surface area contributed by atoms with Gasteiger partial charge in [0.25, 0.3) is 5.56 Å². The average molecular weight is 309 g/mol. The van der Waals surface area contributed by atoms with Gasteiger partial charge in [-0.3, -0.25) is 14.5 Å². The lowest BCUT2D eigenvalue weighted by atomic mass is 10.0. The van der Waals surface area contributed by atoms with Crippen LogP contribution >= 0.6 is 0 Å². The van der Waals surface area contributed by atoms with Crippen LogP contribution in [0.4, 0.5) is 5.95 Å². The van der Waals surface area contributed by atoms with Gasteiger partial charge in [0.05, 0.1) is 17.1 Å². The molecule has 0 amide bonds. The maximum absolute atomic E-state index is 12.2. The zero-order chi connectivity index (χ0) is 15.8. The molecular formula is C17H19N5O. The van der Waals surface area contributed by atoms with E-state index in [4.69, 9.17) is 0 Å². The van der Waals surface area contributed by atoms with E-state index in [1.54, 1.807) is 6.07 Å². The van der Waals surface area contributed by atoms with E-state index in [9.17, 15) is 4.79 Å². The van der Waals surface area contributed by atoms with Gasteiger partial charge in [0.1, 0.15) is 0 Å². The van der Waals surface area contributed by atoms with Gasteiger partial charge in [0.15, 0.2) is 0 Å².